The van der Waals surface area contributed by atoms with E-state index in [4.69, 9.17) is 9.57 Å². The van der Waals surface area contributed by atoms with Gasteiger partial charge in [-0.05, 0) is 78.1 Å². The van der Waals surface area contributed by atoms with Crippen LogP contribution in [0.15, 0.2) is 60.8 Å². The molecule has 0 spiro atoms. The van der Waals surface area contributed by atoms with Crippen molar-refractivity contribution in [1.29, 1.82) is 0 Å². The second-order valence-corrected chi connectivity index (χ2v) is 10.8. The molecule has 2 aromatic carbocycles. The molecule has 6 heteroatoms. The summed E-state index contributed by atoms with van der Waals surface area (Å²) in [4.78, 5) is 19.9. The Labute approximate surface area is 213 Å². The van der Waals surface area contributed by atoms with Gasteiger partial charge in [-0.15, -0.1) is 0 Å². The van der Waals surface area contributed by atoms with Crippen LogP contribution < -0.4 is 4.84 Å². The summed E-state index contributed by atoms with van der Waals surface area (Å²) in [5, 5.41) is 11.8. The molecule has 1 heterocycles. The molecule has 6 nitrogen and oxygen atoms in total. The molecule has 0 aliphatic heterocycles. The highest BCUT2D eigenvalue weighted by molar-refractivity contribution is 5.87. The number of ether oxygens (including phenoxy) is 1. The standard InChI is InChI=1S/C30H36N2O4/c1-29(2,3)35-28(34)36-32-21-23(25-13-9-10-14-26(25)32)15-16-27(33)22-17-19-30(20-18-22,31(4)5)24-11-7-6-8-12-24/h6-14,21-22,27,33H,17-20H2,1-5H3. The summed E-state index contributed by atoms with van der Waals surface area (Å²) in [6.45, 7) is 5.36. The number of nitrogens with zero attached hydrogens (tertiary/aromatic N) is 2. The number of carbonyl (C=O) groups is 1. The zero-order chi connectivity index (χ0) is 25.9. The Kier molecular flexibility index (Phi) is 7.44. The SMILES string of the molecule is CN(C)C1(c2ccccc2)CCC(C(O)C#Cc2cn(OC(=O)OC(C)(C)C)c3ccccc23)CC1. The highest BCUT2D eigenvalue weighted by atomic mass is 16.8. The number of hydrogen-bond acceptors (Lipinski definition) is 5. The summed E-state index contributed by atoms with van der Waals surface area (Å²) < 4.78 is 6.66. The summed E-state index contributed by atoms with van der Waals surface area (Å²) in [7, 11) is 4.28. The Hall–Kier alpha value is -3.27. The number of aliphatic hydroxyl groups excluding tert-OH is 1. The first-order chi connectivity index (χ1) is 17.1. The second kappa shape index (κ2) is 10.4. The quantitative estimate of drug-likeness (QED) is 0.395. The first-order valence-corrected chi connectivity index (χ1v) is 12.5. The third kappa shape index (κ3) is 5.59. The van der Waals surface area contributed by atoms with Crippen molar-refractivity contribution < 1.29 is 19.5 Å². The zero-order valence-corrected chi connectivity index (χ0v) is 21.8. The van der Waals surface area contributed by atoms with Crippen LogP contribution in [0, 0.1) is 17.8 Å². The average Bonchev–Trinajstić information content (AvgIpc) is 3.19. The zero-order valence-electron chi connectivity index (χ0n) is 21.8. The first-order valence-electron chi connectivity index (χ1n) is 12.5. The van der Waals surface area contributed by atoms with Crippen LogP contribution in [0.2, 0.25) is 0 Å². The van der Waals surface area contributed by atoms with Crippen molar-refractivity contribution in [2.24, 2.45) is 5.92 Å². The Morgan fingerprint density at radius 3 is 2.36 bits per heavy atom. The number of hydrogen-bond donors (Lipinski definition) is 1. The molecule has 0 radical (unpaired) electrons. The number of carbonyl (C=O) groups excluding carboxylic acids is 1. The third-order valence-corrected chi connectivity index (χ3v) is 7.07. The number of rotatable bonds is 4. The molecular formula is C30H36N2O4. The highest BCUT2D eigenvalue weighted by Crippen LogP contribution is 2.43. The fraction of sp³-hybridized carbons (Fsp3) is 0.433. The van der Waals surface area contributed by atoms with Crippen molar-refractivity contribution in [3.8, 4) is 11.8 Å². The van der Waals surface area contributed by atoms with E-state index in [1.54, 1.807) is 27.0 Å². The molecule has 1 aromatic heterocycles. The van der Waals surface area contributed by atoms with Gasteiger partial charge in [-0.1, -0.05) is 60.4 Å². The van der Waals surface area contributed by atoms with Gasteiger partial charge in [-0.25, -0.2) is 4.79 Å². The van der Waals surface area contributed by atoms with Crippen molar-refractivity contribution in [2.75, 3.05) is 14.1 Å². The Morgan fingerprint density at radius 2 is 1.72 bits per heavy atom. The minimum atomic E-state index is -0.784. The maximum absolute atomic E-state index is 12.2. The van der Waals surface area contributed by atoms with Gasteiger partial charge in [0.1, 0.15) is 11.7 Å². The van der Waals surface area contributed by atoms with E-state index in [0.717, 1.165) is 31.1 Å². The van der Waals surface area contributed by atoms with Crippen LogP contribution in [0.4, 0.5) is 4.79 Å². The molecule has 1 atom stereocenters. The van der Waals surface area contributed by atoms with E-state index in [9.17, 15) is 9.90 Å². The van der Waals surface area contributed by atoms with Crippen molar-refractivity contribution >= 4 is 17.1 Å². The smallest absolute Gasteiger partial charge is 0.427 e. The molecule has 1 fully saturated rings. The van der Waals surface area contributed by atoms with Gasteiger partial charge in [0.15, 0.2) is 0 Å². The van der Waals surface area contributed by atoms with E-state index in [2.05, 4.69) is 55.1 Å². The van der Waals surface area contributed by atoms with Gasteiger partial charge < -0.3 is 14.7 Å². The lowest BCUT2D eigenvalue weighted by Gasteiger charge is -2.46. The van der Waals surface area contributed by atoms with Gasteiger partial charge in [0.25, 0.3) is 0 Å². The molecule has 1 aliphatic rings. The molecule has 1 saturated carbocycles. The summed E-state index contributed by atoms with van der Waals surface area (Å²) in [6, 6.07) is 18.2. The molecule has 1 N–H and O–H groups in total. The lowest BCUT2D eigenvalue weighted by Crippen LogP contribution is -2.45. The largest absolute Gasteiger partial charge is 0.534 e. The molecule has 0 saturated heterocycles. The predicted molar refractivity (Wildman–Crippen MR) is 141 cm³/mol. The number of benzene rings is 2. The normalized spacial score (nSPS) is 21.0. The Morgan fingerprint density at radius 1 is 1.08 bits per heavy atom. The van der Waals surface area contributed by atoms with Crippen LogP contribution in [0.25, 0.3) is 10.9 Å². The fourth-order valence-electron chi connectivity index (χ4n) is 5.12. The highest BCUT2D eigenvalue weighted by Gasteiger charge is 2.40. The number of aromatic nitrogens is 1. The summed E-state index contributed by atoms with van der Waals surface area (Å²) in [5.74, 6) is 6.32. The molecule has 3 aromatic rings. The van der Waals surface area contributed by atoms with Crippen LogP contribution in [0.5, 0.6) is 0 Å². The molecule has 0 bridgehead atoms. The topological polar surface area (TPSA) is 63.9 Å². The number of para-hydroxylation sites is 1. The minimum absolute atomic E-state index is 0.0165. The summed E-state index contributed by atoms with van der Waals surface area (Å²) in [6.07, 6.45) is 3.88. The van der Waals surface area contributed by atoms with Gasteiger partial charge in [-0.2, -0.15) is 4.73 Å². The molecule has 0 amide bonds. The number of aliphatic hydroxyl groups is 1. The van der Waals surface area contributed by atoms with Crippen LogP contribution in [0.3, 0.4) is 0 Å². The monoisotopic (exact) mass is 488 g/mol. The van der Waals surface area contributed by atoms with Crippen molar-refractivity contribution in [2.45, 2.75) is 63.7 Å². The van der Waals surface area contributed by atoms with E-state index >= 15 is 0 Å². The van der Waals surface area contributed by atoms with Gasteiger partial charge in [0.05, 0.1) is 17.3 Å². The van der Waals surface area contributed by atoms with E-state index in [-0.39, 0.29) is 11.5 Å². The second-order valence-electron chi connectivity index (χ2n) is 10.8. The lowest BCUT2D eigenvalue weighted by atomic mass is 9.70. The molecule has 1 aliphatic carbocycles. The van der Waals surface area contributed by atoms with E-state index in [0.29, 0.717) is 11.1 Å². The van der Waals surface area contributed by atoms with E-state index in [1.807, 2.05) is 30.3 Å². The Balaban J connectivity index is 1.49. The molecule has 190 valence electrons. The fourth-order valence-corrected chi connectivity index (χ4v) is 5.12. The van der Waals surface area contributed by atoms with Gasteiger partial charge in [0, 0.05) is 10.9 Å². The van der Waals surface area contributed by atoms with Crippen molar-refractivity contribution in [1.82, 2.24) is 9.63 Å². The van der Waals surface area contributed by atoms with Gasteiger partial charge >= 0.3 is 6.16 Å². The third-order valence-electron chi connectivity index (χ3n) is 7.07. The van der Waals surface area contributed by atoms with E-state index in [1.165, 1.54) is 10.3 Å². The molecule has 4 rings (SSSR count). The van der Waals surface area contributed by atoms with Crippen LogP contribution >= 0.6 is 0 Å². The van der Waals surface area contributed by atoms with Gasteiger partial charge in [0.2, 0.25) is 0 Å². The summed E-state index contributed by atoms with van der Waals surface area (Å²) >= 11 is 0. The van der Waals surface area contributed by atoms with E-state index < -0.39 is 17.9 Å². The lowest BCUT2D eigenvalue weighted by molar-refractivity contribution is -0.00874. The van der Waals surface area contributed by atoms with Crippen LogP contribution in [0.1, 0.15) is 57.6 Å². The minimum Gasteiger partial charge on any atom is -0.427 e. The van der Waals surface area contributed by atoms with Crippen LogP contribution in [-0.4, -0.2) is 46.7 Å². The maximum atomic E-state index is 12.2. The first kappa shape index (κ1) is 25.8. The number of fused-ring (bicyclic) bond motifs is 1. The van der Waals surface area contributed by atoms with Gasteiger partial charge in [-0.3, -0.25) is 4.90 Å². The molecule has 36 heavy (non-hydrogen) atoms. The summed E-state index contributed by atoms with van der Waals surface area (Å²) in [5.41, 5.74) is 2.05. The van der Waals surface area contributed by atoms with Crippen molar-refractivity contribution in [3.05, 3.63) is 71.9 Å². The van der Waals surface area contributed by atoms with Crippen LogP contribution in [-0.2, 0) is 10.3 Å². The Bertz CT molecular complexity index is 1250. The molecule has 1 unspecified atom stereocenters. The maximum Gasteiger partial charge on any atom is 0.534 e. The average molecular weight is 489 g/mol. The van der Waals surface area contributed by atoms with Crippen molar-refractivity contribution in [3.63, 3.8) is 0 Å². The molecular weight excluding hydrogens is 452 g/mol. The predicted octanol–water partition coefficient (Wildman–Crippen LogP) is 5.36.